The Balaban J connectivity index is 1.72. The van der Waals surface area contributed by atoms with Crippen LogP contribution in [-0.4, -0.2) is 52.8 Å². The lowest BCUT2D eigenvalue weighted by atomic mass is 9.85. The van der Waals surface area contributed by atoms with Gasteiger partial charge < -0.3 is 19.6 Å². The summed E-state index contributed by atoms with van der Waals surface area (Å²) in [5.41, 5.74) is 4.37. The summed E-state index contributed by atoms with van der Waals surface area (Å²) < 4.78 is 5.96. The first-order valence-electron chi connectivity index (χ1n) is 14.4. The average molecular weight is 555 g/mol. The van der Waals surface area contributed by atoms with Crippen LogP contribution in [0.3, 0.4) is 0 Å². The maximum atomic E-state index is 13.5. The van der Waals surface area contributed by atoms with Gasteiger partial charge in [-0.15, -0.1) is 0 Å². The second-order valence-corrected chi connectivity index (χ2v) is 11.6. The standard InChI is InChI=1S/C35H42N2O4/c1-7-36(8-2)20-21-37-31(26-14-16-27(17-15-26)35(4,5)6)30(33(39)34(37)40)32(38)29-19-18-28(22-24(29)3)41-23-25-12-10-9-11-13-25/h9-19,22,31,38H,7-8,20-21,23H2,1-6H3/b32-30+/t31-/m0/s1. The summed E-state index contributed by atoms with van der Waals surface area (Å²) >= 11 is 0. The summed E-state index contributed by atoms with van der Waals surface area (Å²) in [6.45, 7) is 15.6. The topological polar surface area (TPSA) is 70.1 Å². The van der Waals surface area contributed by atoms with E-state index in [9.17, 15) is 14.7 Å². The van der Waals surface area contributed by atoms with Crippen molar-refractivity contribution in [3.05, 3.63) is 106 Å². The van der Waals surface area contributed by atoms with Crippen molar-refractivity contribution < 1.29 is 19.4 Å². The van der Waals surface area contributed by atoms with Crippen molar-refractivity contribution >= 4 is 17.4 Å². The smallest absolute Gasteiger partial charge is 0.295 e. The number of nitrogens with zero attached hydrogens (tertiary/aromatic N) is 2. The molecule has 1 aliphatic rings. The van der Waals surface area contributed by atoms with Crippen LogP contribution in [0, 0.1) is 6.92 Å². The first-order chi connectivity index (χ1) is 19.5. The van der Waals surface area contributed by atoms with Crippen LogP contribution in [0.25, 0.3) is 5.76 Å². The fourth-order valence-electron chi connectivity index (χ4n) is 5.29. The minimum absolute atomic E-state index is 0.0372. The normalized spacial score (nSPS) is 17.0. The van der Waals surface area contributed by atoms with Crippen LogP contribution in [-0.2, 0) is 21.6 Å². The van der Waals surface area contributed by atoms with Gasteiger partial charge in [0, 0.05) is 18.7 Å². The molecule has 6 nitrogen and oxygen atoms in total. The monoisotopic (exact) mass is 554 g/mol. The molecule has 1 heterocycles. The highest BCUT2D eigenvalue weighted by Gasteiger charge is 2.46. The highest BCUT2D eigenvalue weighted by Crippen LogP contribution is 2.40. The number of carbonyl (C=O) groups is 2. The zero-order valence-electron chi connectivity index (χ0n) is 25.1. The fraction of sp³-hybridized carbons (Fsp3) is 0.371. The zero-order valence-corrected chi connectivity index (χ0v) is 25.1. The lowest BCUT2D eigenvalue weighted by Crippen LogP contribution is -2.38. The molecule has 0 bridgehead atoms. The number of ketones is 1. The van der Waals surface area contributed by atoms with Crippen molar-refractivity contribution in [3.63, 3.8) is 0 Å². The molecular weight excluding hydrogens is 512 g/mol. The number of likely N-dealkylation sites (N-methyl/N-ethyl adjacent to an activating group) is 1. The molecule has 0 aliphatic carbocycles. The molecule has 0 spiro atoms. The van der Waals surface area contributed by atoms with Gasteiger partial charge in [0.1, 0.15) is 18.1 Å². The van der Waals surface area contributed by atoms with E-state index in [1.165, 1.54) is 0 Å². The number of hydrogen-bond acceptors (Lipinski definition) is 5. The maximum absolute atomic E-state index is 13.5. The molecule has 1 amide bonds. The second-order valence-electron chi connectivity index (χ2n) is 11.6. The third-order valence-corrected chi connectivity index (χ3v) is 7.89. The van der Waals surface area contributed by atoms with Crippen molar-refractivity contribution in [1.82, 2.24) is 9.80 Å². The molecule has 1 N–H and O–H groups in total. The molecule has 3 aromatic rings. The van der Waals surface area contributed by atoms with Gasteiger partial charge in [0.15, 0.2) is 0 Å². The van der Waals surface area contributed by atoms with Gasteiger partial charge in [-0.05, 0) is 65.9 Å². The SMILES string of the molecule is CCN(CC)CCN1C(=O)C(=O)/C(=C(/O)c2ccc(OCc3ccccc3)cc2C)[C@@H]1c1ccc(C(C)(C)C)cc1. The molecule has 1 fully saturated rings. The second kappa shape index (κ2) is 12.7. The summed E-state index contributed by atoms with van der Waals surface area (Å²) in [6.07, 6.45) is 0. The predicted molar refractivity (Wildman–Crippen MR) is 164 cm³/mol. The number of likely N-dealkylation sites (tertiary alicyclic amines) is 1. The molecule has 1 saturated heterocycles. The van der Waals surface area contributed by atoms with E-state index in [4.69, 9.17) is 4.74 Å². The molecule has 4 rings (SSSR count). The van der Waals surface area contributed by atoms with Crippen molar-refractivity contribution in [1.29, 1.82) is 0 Å². The van der Waals surface area contributed by atoms with Crippen LogP contribution in [0.5, 0.6) is 5.75 Å². The Morgan fingerprint density at radius 2 is 1.61 bits per heavy atom. The molecule has 0 saturated carbocycles. The van der Waals surface area contributed by atoms with Crippen LogP contribution < -0.4 is 4.74 Å². The highest BCUT2D eigenvalue weighted by atomic mass is 16.5. The van der Waals surface area contributed by atoms with Gasteiger partial charge in [0.25, 0.3) is 11.7 Å². The third kappa shape index (κ3) is 6.71. The fourth-order valence-corrected chi connectivity index (χ4v) is 5.29. The maximum Gasteiger partial charge on any atom is 0.295 e. The number of ether oxygens (including phenoxy) is 1. The van der Waals surface area contributed by atoms with Crippen LogP contribution in [0.4, 0.5) is 0 Å². The Kier molecular flexibility index (Phi) is 9.34. The number of aliphatic hydroxyl groups is 1. The number of rotatable bonds is 10. The molecule has 1 aliphatic heterocycles. The lowest BCUT2D eigenvalue weighted by Gasteiger charge is -2.29. The number of aliphatic hydroxyl groups excluding tert-OH is 1. The van der Waals surface area contributed by atoms with Crippen LogP contribution in [0.1, 0.15) is 68.5 Å². The van der Waals surface area contributed by atoms with Gasteiger partial charge in [-0.25, -0.2) is 0 Å². The molecule has 0 aromatic heterocycles. The zero-order chi connectivity index (χ0) is 29.7. The number of hydrogen-bond donors (Lipinski definition) is 1. The first-order valence-corrected chi connectivity index (χ1v) is 14.4. The Labute approximate surface area is 244 Å². The molecule has 0 radical (unpaired) electrons. The van der Waals surface area contributed by atoms with Crippen molar-refractivity contribution in [2.75, 3.05) is 26.2 Å². The quantitative estimate of drug-likeness (QED) is 0.173. The largest absolute Gasteiger partial charge is 0.507 e. The molecule has 216 valence electrons. The summed E-state index contributed by atoms with van der Waals surface area (Å²) in [5.74, 6) is -0.734. The van der Waals surface area contributed by atoms with E-state index in [2.05, 4.69) is 39.5 Å². The number of Topliss-reactive ketones (excluding diaryl/α,β-unsaturated/α-hetero) is 1. The van der Waals surface area contributed by atoms with Gasteiger partial charge in [0.2, 0.25) is 0 Å². The van der Waals surface area contributed by atoms with E-state index >= 15 is 0 Å². The minimum atomic E-state index is -0.673. The van der Waals surface area contributed by atoms with E-state index in [1.54, 1.807) is 17.0 Å². The molecule has 3 aromatic carbocycles. The Morgan fingerprint density at radius 3 is 2.20 bits per heavy atom. The van der Waals surface area contributed by atoms with Gasteiger partial charge >= 0.3 is 0 Å². The van der Waals surface area contributed by atoms with E-state index in [1.807, 2.05) is 67.6 Å². The Hall–Kier alpha value is -3.90. The van der Waals surface area contributed by atoms with Crippen molar-refractivity contribution in [2.24, 2.45) is 0 Å². The number of benzene rings is 3. The van der Waals surface area contributed by atoms with Crippen molar-refractivity contribution in [3.8, 4) is 5.75 Å². The molecule has 41 heavy (non-hydrogen) atoms. The molecule has 6 heteroatoms. The number of carbonyl (C=O) groups excluding carboxylic acids is 2. The first kappa shape index (κ1) is 30.1. The Bertz CT molecular complexity index is 1400. The van der Waals surface area contributed by atoms with Gasteiger partial charge in [-0.2, -0.15) is 0 Å². The minimum Gasteiger partial charge on any atom is -0.507 e. The summed E-state index contributed by atoms with van der Waals surface area (Å²) in [5, 5.41) is 11.6. The van der Waals surface area contributed by atoms with Gasteiger partial charge in [-0.1, -0.05) is 89.2 Å². The van der Waals surface area contributed by atoms with E-state index in [0.717, 1.165) is 35.3 Å². The van der Waals surface area contributed by atoms with E-state index in [0.29, 0.717) is 31.0 Å². The molecule has 1 atom stereocenters. The van der Waals surface area contributed by atoms with Gasteiger partial charge in [-0.3, -0.25) is 9.59 Å². The lowest BCUT2D eigenvalue weighted by molar-refractivity contribution is -0.140. The van der Waals surface area contributed by atoms with Gasteiger partial charge in [0.05, 0.1) is 11.6 Å². The molecule has 0 unspecified atom stereocenters. The van der Waals surface area contributed by atoms with Crippen LogP contribution in [0.2, 0.25) is 0 Å². The van der Waals surface area contributed by atoms with E-state index < -0.39 is 17.7 Å². The van der Waals surface area contributed by atoms with Crippen LogP contribution >= 0.6 is 0 Å². The summed E-state index contributed by atoms with van der Waals surface area (Å²) in [4.78, 5) is 30.8. The van der Waals surface area contributed by atoms with E-state index in [-0.39, 0.29) is 16.7 Å². The Morgan fingerprint density at radius 1 is 0.951 bits per heavy atom. The summed E-state index contributed by atoms with van der Waals surface area (Å²) in [7, 11) is 0. The average Bonchev–Trinajstić information content (AvgIpc) is 3.21. The third-order valence-electron chi connectivity index (χ3n) is 7.89. The van der Waals surface area contributed by atoms with Crippen molar-refractivity contribution in [2.45, 2.75) is 59.6 Å². The van der Waals surface area contributed by atoms with Crippen LogP contribution in [0.15, 0.2) is 78.4 Å². The summed E-state index contributed by atoms with van der Waals surface area (Å²) in [6, 6.07) is 22.7. The predicted octanol–water partition coefficient (Wildman–Crippen LogP) is 6.64. The number of aryl methyl sites for hydroxylation is 1. The molecular formula is C35H42N2O4. The number of amides is 1. The highest BCUT2D eigenvalue weighted by molar-refractivity contribution is 6.46.